The molecule has 11 nitrogen and oxygen atoms in total. The summed E-state index contributed by atoms with van der Waals surface area (Å²) in [5.74, 6) is 2.77. The highest BCUT2D eigenvalue weighted by Crippen LogP contribution is 2.34. The molecule has 2 saturated heterocycles. The smallest absolute Gasteiger partial charge is 0.232 e. The van der Waals surface area contributed by atoms with Gasteiger partial charge in [-0.1, -0.05) is 48.0 Å². The van der Waals surface area contributed by atoms with E-state index in [1.807, 2.05) is 36.4 Å². The number of anilines is 6. The molecule has 6 aromatic rings. The summed E-state index contributed by atoms with van der Waals surface area (Å²) in [6, 6.07) is 32.9. The molecular weight excluding hydrogens is 660 g/mol. The number of benzene rings is 4. The van der Waals surface area contributed by atoms with Gasteiger partial charge in [0.25, 0.3) is 0 Å². The van der Waals surface area contributed by atoms with Crippen LogP contribution in [-0.4, -0.2) is 92.5 Å². The van der Waals surface area contributed by atoms with Gasteiger partial charge in [0.15, 0.2) is 0 Å². The van der Waals surface area contributed by atoms with E-state index < -0.39 is 0 Å². The number of para-hydroxylation sites is 2. The standard InChI is InChI=1S/C39H41ClN10O/c1-51-31-13-15-34-33(27-31)36(32-14-12-28(40)26-35(32)43-34)41-16-17-42-37-44-38(49-22-18-47(19-23-49)29-8-4-2-5-9-29)46-39(45-37)50-24-20-48(21-25-50)30-10-6-3-7-11-30/h2-15,26-27H,16-25H2,1H3,(H,41,43)(H,42,44,45,46). The third-order valence-corrected chi connectivity index (χ3v) is 9.87. The van der Waals surface area contributed by atoms with Crippen molar-refractivity contribution in [2.75, 3.05) is 103 Å². The van der Waals surface area contributed by atoms with Crippen LogP contribution in [0.4, 0.5) is 34.9 Å². The van der Waals surface area contributed by atoms with Crippen molar-refractivity contribution in [3.05, 3.63) is 102 Å². The molecule has 2 aromatic heterocycles. The van der Waals surface area contributed by atoms with E-state index in [2.05, 4.69) is 90.9 Å². The van der Waals surface area contributed by atoms with Gasteiger partial charge in [0.1, 0.15) is 5.75 Å². The number of aromatic nitrogens is 4. The first-order valence-electron chi connectivity index (χ1n) is 17.5. The third-order valence-electron chi connectivity index (χ3n) is 9.63. The second-order valence-electron chi connectivity index (χ2n) is 12.8. The molecule has 12 heteroatoms. The molecule has 260 valence electrons. The number of fused-ring (bicyclic) bond motifs is 2. The van der Waals surface area contributed by atoms with Crippen LogP contribution in [0.5, 0.6) is 5.75 Å². The minimum absolute atomic E-state index is 0.575. The van der Waals surface area contributed by atoms with E-state index in [1.54, 1.807) is 7.11 Å². The lowest BCUT2D eigenvalue weighted by molar-refractivity contribution is 0.415. The molecule has 0 unspecified atom stereocenters. The molecule has 2 aliphatic heterocycles. The molecule has 0 saturated carbocycles. The summed E-state index contributed by atoms with van der Waals surface area (Å²) in [4.78, 5) is 29.2. The summed E-state index contributed by atoms with van der Waals surface area (Å²) < 4.78 is 5.55. The Kier molecular flexibility index (Phi) is 9.44. The molecule has 4 heterocycles. The van der Waals surface area contributed by atoms with Gasteiger partial charge in [0.05, 0.1) is 23.8 Å². The molecule has 0 spiro atoms. The predicted octanol–water partition coefficient (Wildman–Crippen LogP) is 6.41. The van der Waals surface area contributed by atoms with E-state index in [1.165, 1.54) is 11.4 Å². The Morgan fingerprint density at radius 1 is 0.569 bits per heavy atom. The Balaban J connectivity index is 1.01. The average molecular weight is 701 g/mol. The number of halogens is 1. The number of rotatable bonds is 10. The van der Waals surface area contributed by atoms with Gasteiger partial charge >= 0.3 is 0 Å². The number of methoxy groups -OCH3 is 1. The summed E-state index contributed by atoms with van der Waals surface area (Å²) in [6.07, 6.45) is 0. The van der Waals surface area contributed by atoms with Gasteiger partial charge in [-0.3, -0.25) is 0 Å². The maximum Gasteiger partial charge on any atom is 0.232 e. The normalized spacial score (nSPS) is 15.0. The zero-order valence-corrected chi connectivity index (χ0v) is 29.4. The first-order valence-corrected chi connectivity index (χ1v) is 17.9. The van der Waals surface area contributed by atoms with Crippen LogP contribution in [0.25, 0.3) is 21.8 Å². The predicted molar refractivity (Wildman–Crippen MR) is 209 cm³/mol. The van der Waals surface area contributed by atoms with Gasteiger partial charge in [-0.25, -0.2) is 4.98 Å². The van der Waals surface area contributed by atoms with Crippen molar-refractivity contribution >= 4 is 68.3 Å². The topological polar surface area (TPSA) is 97.8 Å². The van der Waals surface area contributed by atoms with Crippen molar-refractivity contribution < 1.29 is 4.74 Å². The fraction of sp³-hybridized carbons (Fsp3) is 0.282. The second kappa shape index (κ2) is 14.7. The quantitative estimate of drug-likeness (QED) is 0.123. The van der Waals surface area contributed by atoms with Gasteiger partial charge < -0.3 is 35.0 Å². The summed E-state index contributed by atoms with van der Waals surface area (Å²) in [7, 11) is 1.68. The minimum atomic E-state index is 0.575. The molecule has 2 N–H and O–H groups in total. The van der Waals surface area contributed by atoms with Crippen molar-refractivity contribution in [1.29, 1.82) is 0 Å². The lowest BCUT2D eigenvalue weighted by Crippen LogP contribution is -2.48. The van der Waals surface area contributed by atoms with E-state index in [-0.39, 0.29) is 0 Å². The van der Waals surface area contributed by atoms with Crippen LogP contribution in [0.15, 0.2) is 97.1 Å². The van der Waals surface area contributed by atoms with E-state index in [4.69, 9.17) is 36.3 Å². The van der Waals surface area contributed by atoms with Crippen LogP contribution in [0.1, 0.15) is 0 Å². The van der Waals surface area contributed by atoms with Crippen LogP contribution < -0.4 is 35.0 Å². The van der Waals surface area contributed by atoms with Crippen molar-refractivity contribution in [1.82, 2.24) is 19.9 Å². The first kappa shape index (κ1) is 32.6. The highest BCUT2D eigenvalue weighted by molar-refractivity contribution is 6.31. The summed E-state index contributed by atoms with van der Waals surface area (Å²) in [5.41, 5.74) is 5.18. The molecule has 0 aliphatic carbocycles. The van der Waals surface area contributed by atoms with Crippen LogP contribution in [0, 0.1) is 0 Å². The van der Waals surface area contributed by atoms with Gasteiger partial charge in [-0.2, -0.15) is 15.0 Å². The maximum atomic E-state index is 6.35. The number of pyridine rings is 1. The van der Waals surface area contributed by atoms with Crippen LogP contribution in [0.2, 0.25) is 5.02 Å². The SMILES string of the molecule is COc1ccc2nc3cc(Cl)ccc3c(NCCNc3nc(N4CCN(c5ccccc5)CC4)nc(N4CCN(c5ccccc5)CC4)n3)c2c1. The molecule has 4 aromatic carbocycles. The lowest BCUT2D eigenvalue weighted by atomic mass is 10.1. The van der Waals surface area contributed by atoms with Crippen molar-refractivity contribution in [2.45, 2.75) is 0 Å². The van der Waals surface area contributed by atoms with Crippen LogP contribution >= 0.6 is 11.6 Å². The van der Waals surface area contributed by atoms with Gasteiger partial charge in [-0.05, 0) is 60.7 Å². The number of ether oxygens (including phenoxy) is 1. The van der Waals surface area contributed by atoms with E-state index >= 15 is 0 Å². The minimum Gasteiger partial charge on any atom is -0.497 e. The van der Waals surface area contributed by atoms with E-state index in [9.17, 15) is 0 Å². The molecule has 2 fully saturated rings. The molecule has 2 aliphatic rings. The first-order chi connectivity index (χ1) is 25.1. The van der Waals surface area contributed by atoms with E-state index in [0.29, 0.717) is 36.0 Å². The van der Waals surface area contributed by atoms with Gasteiger partial charge in [-0.15, -0.1) is 0 Å². The summed E-state index contributed by atoms with van der Waals surface area (Å²) in [5, 5.41) is 9.81. The molecule has 0 amide bonds. The van der Waals surface area contributed by atoms with Gasteiger partial charge in [0, 0.05) is 92.6 Å². The second-order valence-corrected chi connectivity index (χ2v) is 13.2. The summed E-state index contributed by atoms with van der Waals surface area (Å²) >= 11 is 6.35. The Labute approximate surface area is 302 Å². The molecule has 0 atom stereocenters. The lowest BCUT2D eigenvalue weighted by Gasteiger charge is -2.38. The molecule has 51 heavy (non-hydrogen) atoms. The average Bonchev–Trinajstić information content (AvgIpc) is 3.19. The van der Waals surface area contributed by atoms with Crippen molar-refractivity contribution in [3.8, 4) is 5.75 Å². The van der Waals surface area contributed by atoms with Crippen LogP contribution in [-0.2, 0) is 0 Å². The van der Waals surface area contributed by atoms with Gasteiger partial charge in [0.2, 0.25) is 17.8 Å². The molecular formula is C39H41ClN10O. The molecule has 0 bridgehead atoms. The zero-order valence-electron chi connectivity index (χ0n) is 28.7. The number of nitrogens with one attached hydrogen (secondary N) is 2. The Bertz CT molecular complexity index is 2030. The van der Waals surface area contributed by atoms with E-state index in [0.717, 1.165) is 85.6 Å². The number of hydrogen-bond donors (Lipinski definition) is 2. The summed E-state index contributed by atoms with van der Waals surface area (Å²) in [6.45, 7) is 8.13. The fourth-order valence-corrected chi connectivity index (χ4v) is 7.06. The molecule has 0 radical (unpaired) electrons. The molecule has 8 rings (SSSR count). The zero-order chi connectivity index (χ0) is 34.6. The number of hydrogen-bond acceptors (Lipinski definition) is 11. The largest absolute Gasteiger partial charge is 0.497 e. The monoisotopic (exact) mass is 700 g/mol. The van der Waals surface area contributed by atoms with Crippen molar-refractivity contribution in [2.24, 2.45) is 0 Å². The third kappa shape index (κ3) is 7.20. The number of nitrogens with zero attached hydrogens (tertiary/aromatic N) is 8. The fourth-order valence-electron chi connectivity index (χ4n) is 6.90. The number of piperazine rings is 2. The van der Waals surface area contributed by atoms with Crippen molar-refractivity contribution in [3.63, 3.8) is 0 Å². The Hall–Kier alpha value is -5.55. The Morgan fingerprint density at radius 2 is 1.14 bits per heavy atom. The maximum absolute atomic E-state index is 6.35. The highest BCUT2D eigenvalue weighted by Gasteiger charge is 2.24. The Morgan fingerprint density at radius 3 is 1.73 bits per heavy atom. The van der Waals surface area contributed by atoms with Crippen LogP contribution in [0.3, 0.4) is 0 Å². The highest BCUT2D eigenvalue weighted by atomic mass is 35.5.